The topological polar surface area (TPSA) is 35.2 Å². The lowest BCUT2D eigenvalue weighted by atomic mass is 9.84. The summed E-state index contributed by atoms with van der Waals surface area (Å²) in [4.78, 5) is 0. The van der Waals surface area contributed by atoms with E-state index in [1.807, 2.05) is 0 Å². The Kier molecular flexibility index (Phi) is 3.97. The number of rotatable bonds is 4. The van der Waals surface area contributed by atoms with Gasteiger partial charge in [0.2, 0.25) is 0 Å². The Balaban J connectivity index is 2.12. The zero-order chi connectivity index (χ0) is 11.4. The van der Waals surface area contributed by atoms with E-state index in [1.165, 1.54) is 16.7 Å². The molecule has 1 aliphatic carbocycles. The molecule has 0 fully saturated rings. The van der Waals surface area contributed by atoms with Crippen molar-refractivity contribution < 1.29 is 4.74 Å². The summed E-state index contributed by atoms with van der Waals surface area (Å²) in [5.41, 5.74) is 10.5. The minimum Gasteiger partial charge on any atom is -0.385 e. The first-order valence-corrected chi connectivity index (χ1v) is 6.15. The Morgan fingerprint density at radius 3 is 3.12 bits per heavy atom. The minimum absolute atomic E-state index is 0.357. The van der Waals surface area contributed by atoms with Gasteiger partial charge in [-0.05, 0) is 48.8 Å². The average molecular weight is 219 g/mol. The molecule has 1 atom stereocenters. The van der Waals surface area contributed by atoms with E-state index >= 15 is 0 Å². The first kappa shape index (κ1) is 11.6. The van der Waals surface area contributed by atoms with Crippen LogP contribution in [0.25, 0.3) is 0 Å². The minimum atomic E-state index is 0.357. The summed E-state index contributed by atoms with van der Waals surface area (Å²) in [5, 5.41) is 0. The second kappa shape index (κ2) is 5.46. The van der Waals surface area contributed by atoms with E-state index in [0.717, 1.165) is 38.7 Å². The fourth-order valence-electron chi connectivity index (χ4n) is 2.53. The van der Waals surface area contributed by atoms with Crippen LogP contribution in [0.1, 0.15) is 29.5 Å². The standard InChI is InChI=1S/C14H21NO/c1-16-9-3-6-11-4-2-5-12-7-8-13(15)10-14(11)12/h2,4-5,13H,3,6-10,15H2,1H3. The third kappa shape index (κ3) is 2.63. The van der Waals surface area contributed by atoms with Gasteiger partial charge in [-0.1, -0.05) is 18.2 Å². The van der Waals surface area contributed by atoms with Gasteiger partial charge in [0.25, 0.3) is 0 Å². The summed E-state index contributed by atoms with van der Waals surface area (Å²) in [7, 11) is 1.76. The third-order valence-electron chi connectivity index (χ3n) is 3.42. The molecule has 0 saturated carbocycles. The highest BCUT2D eigenvalue weighted by atomic mass is 16.5. The van der Waals surface area contributed by atoms with Crippen LogP contribution in [-0.4, -0.2) is 19.8 Å². The van der Waals surface area contributed by atoms with Crippen LogP contribution in [0, 0.1) is 0 Å². The number of aryl methyl sites for hydroxylation is 2. The molecule has 0 heterocycles. The zero-order valence-electron chi connectivity index (χ0n) is 10.0. The molecular formula is C14H21NO. The number of methoxy groups -OCH3 is 1. The molecule has 0 spiro atoms. The maximum absolute atomic E-state index is 6.05. The Bertz CT molecular complexity index is 349. The molecule has 2 N–H and O–H groups in total. The summed E-state index contributed by atoms with van der Waals surface area (Å²) in [6.07, 6.45) is 5.55. The van der Waals surface area contributed by atoms with Crippen LogP contribution in [0.15, 0.2) is 18.2 Å². The van der Waals surface area contributed by atoms with Crippen LogP contribution in [0.3, 0.4) is 0 Å². The number of nitrogens with two attached hydrogens (primary N) is 1. The fraction of sp³-hybridized carbons (Fsp3) is 0.571. The van der Waals surface area contributed by atoms with E-state index in [2.05, 4.69) is 18.2 Å². The van der Waals surface area contributed by atoms with E-state index in [-0.39, 0.29) is 0 Å². The van der Waals surface area contributed by atoms with E-state index in [0.29, 0.717) is 6.04 Å². The van der Waals surface area contributed by atoms with Gasteiger partial charge in [0.1, 0.15) is 0 Å². The second-order valence-electron chi connectivity index (χ2n) is 4.65. The van der Waals surface area contributed by atoms with Crippen molar-refractivity contribution in [3.05, 3.63) is 34.9 Å². The molecule has 2 nitrogen and oxygen atoms in total. The molecule has 0 amide bonds. The summed E-state index contributed by atoms with van der Waals surface area (Å²) in [6.45, 7) is 0.843. The van der Waals surface area contributed by atoms with Crippen molar-refractivity contribution in [2.24, 2.45) is 5.73 Å². The van der Waals surface area contributed by atoms with E-state index in [4.69, 9.17) is 10.5 Å². The van der Waals surface area contributed by atoms with Gasteiger partial charge >= 0.3 is 0 Å². The number of hydrogen-bond acceptors (Lipinski definition) is 2. The van der Waals surface area contributed by atoms with E-state index in [9.17, 15) is 0 Å². The van der Waals surface area contributed by atoms with Crippen LogP contribution in [0.2, 0.25) is 0 Å². The molecule has 0 saturated heterocycles. The molecule has 16 heavy (non-hydrogen) atoms. The molecule has 1 unspecified atom stereocenters. The van der Waals surface area contributed by atoms with Gasteiger partial charge < -0.3 is 10.5 Å². The van der Waals surface area contributed by atoms with Crippen molar-refractivity contribution in [3.63, 3.8) is 0 Å². The highest BCUT2D eigenvalue weighted by Gasteiger charge is 2.17. The predicted octanol–water partition coefficient (Wildman–Crippen LogP) is 2.08. The molecule has 1 aliphatic rings. The molecule has 0 radical (unpaired) electrons. The number of benzene rings is 1. The monoisotopic (exact) mass is 219 g/mol. The molecule has 1 aromatic carbocycles. The van der Waals surface area contributed by atoms with Crippen molar-refractivity contribution in [1.29, 1.82) is 0 Å². The molecule has 2 heteroatoms. The highest BCUT2D eigenvalue weighted by molar-refractivity contribution is 5.38. The Morgan fingerprint density at radius 1 is 1.44 bits per heavy atom. The quantitative estimate of drug-likeness (QED) is 0.787. The Morgan fingerprint density at radius 2 is 2.31 bits per heavy atom. The SMILES string of the molecule is COCCCc1cccc2c1CC(N)CC2. The molecule has 0 bridgehead atoms. The lowest BCUT2D eigenvalue weighted by Gasteiger charge is -2.24. The number of ether oxygens (including phenoxy) is 1. The van der Waals surface area contributed by atoms with E-state index < -0.39 is 0 Å². The molecule has 1 aromatic rings. The predicted molar refractivity (Wildman–Crippen MR) is 66.6 cm³/mol. The number of hydrogen-bond donors (Lipinski definition) is 1. The van der Waals surface area contributed by atoms with Crippen LogP contribution in [0.4, 0.5) is 0 Å². The Labute approximate surface area is 97.8 Å². The third-order valence-corrected chi connectivity index (χ3v) is 3.42. The van der Waals surface area contributed by atoms with E-state index in [1.54, 1.807) is 7.11 Å². The number of fused-ring (bicyclic) bond motifs is 1. The zero-order valence-corrected chi connectivity index (χ0v) is 10.0. The molecule has 0 aromatic heterocycles. The van der Waals surface area contributed by atoms with Crippen LogP contribution in [0.5, 0.6) is 0 Å². The van der Waals surface area contributed by atoms with Crippen molar-refractivity contribution >= 4 is 0 Å². The van der Waals surface area contributed by atoms with Gasteiger partial charge in [0.15, 0.2) is 0 Å². The Hall–Kier alpha value is -0.860. The van der Waals surface area contributed by atoms with Crippen molar-refractivity contribution in [1.82, 2.24) is 0 Å². The smallest absolute Gasteiger partial charge is 0.0465 e. The second-order valence-corrected chi connectivity index (χ2v) is 4.65. The van der Waals surface area contributed by atoms with Crippen LogP contribution >= 0.6 is 0 Å². The molecule has 0 aliphatic heterocycles. The van der Waals surface area contributed by atoms with Gasteiger partial charge in [-0.3, -0.25) is 0 Å². The first-order chi connectivity index (χ1) is 7.81. The molecule has 2 rings (SSSR count). The van der Waals surface area contributed by atoms with Crippen LogP contribution < -0.4 is 5.73 Å². The van der Waals surface area contributed by atoms with Crippen molar-refractivity contribution in [2.45, 2.75) is 38.1 Å². The lowest BCUT2D eigenvalue weighted by molar-refractivity contribution is 0.195. The summed E-state index contributed by atoms with van der Waals surface area (Å²) in [5.74, 6) is 0. The van der Waals surface area contributed by atoms with Crippen molar-refractivity contribution in [2.75, 3.05) is 13.7 Å². The maximum Gasteiger partial charge on any atom is 0.0465 e. The highest BCUT2D eigenvalue weighted by Crippen LogP contribution is 2.24. The first-order valence-electron chi connectivity index (χ1n) is 6.15. The summed E-state index contributed by atoms with van der Waals surface area (Å²) < 4.78 is 5.10. The maximum atomic E-state index is 6.05. The molecular weight excluding hydrogens is 198 g/mol. The lowest BCUT2D eigenvalue weighted by Crippen LogP contribution is -2.28. The summed E-state index contributed by atoms with van der Waals surface area (Å²) in [6, 6.07) is 7.03. The van der Waals surface area contributed by atoms with Gasteiger partial charge in [0.05, 0.1) is 0 Å². The fourth-order valence-corrected chi connectivity index (χ4v) is 2.53. The van der Waals surface area contributed by atoms with Gasteiger partial charge in [0, 0.05) is 19.8 Å². The van der Waals surface area contributed by atoms with Gasteiger partial charge in [-0.25, -0.2) is 0 Å². The normalized spacial score (nSPS) is 19.5. The van der Waals surface area contributed by atoms with Gasteiger partial charge in [-0.15, -0.1) is 0 Å². The largest absolute Gasteiger partial charge is 0.385 e. The van der Waals surface area contributed by atoms with Gasteiger partial charge in [-0.2, -0.15) is 0 Å². The van der Waals surface area contributed by atoms with Crippen molar-refractivity contribution in [3.8, 4) is 0 Å². The molecule has 88 valence electrons. The van der Waals surface area contributed by atoms with Crippen LogP contribution in [-0.2, 0) is 24.0 Å². The average Bonchev–Trinajstić information content (AvgIpc) is 2.30. The summed E-state index contributed by atoms with van der Waals surface area (Å²) >= 11 is 0.